The van der Waals surface area contributed by atoms with E-state index in [4.69, 9.17) is 0 Å². The number of nitrogens with one attached hydrogen (secondary N) is 1. The second-order valence-electron chi connectivity index (χ2n) is 6.36. The van der Waals surface area contributed by atoms with Crippen molar-refractivity contribution in [2.45, 2.75) is 60.0 Å². The highest BCUT2D eigenvalue weighted by molar-refractivity contribution is 5.87. The summed E-state index contributed by atoms with van der Waals surface area (Å²) in [7, 11) is 0. The molecular formula is C19H30N2O2. The standard InChI is InChI=1S/C19H30N2O2/c1-6-17(19(23)20-12-14(3)4)21(18(22)7-2)13-16-11-9-8-10-15(16)5/h8-11,14,17H,6-7,12-13H2,1-5H3,(H,20,23)/t17-/m0/s1. The Labute approximate surface area is 140 Å². The van der Waals surface area contributed by atoms with Gasteiger partial charge >= 0.3 is 0 Å². The smallest absolute Gasteiger partial charge is 0.242 e. The lowest BCUT2D eigenvalue weighted by atomic mass is 10.1. The largest absolute Gasteiger partial charge is 0.354 e. The fraction of sp³-hybridized carbons (Fsp3) is 0.579. The van der Waals surface area contributed by atoms with Gasteiger partial charge in [0.1, 0.15) is 6.04 Å². The minimum absolute atomic E-state index is 0.0137. The number of carbonyl (C=O) groups excluding carboxylic acids is 2. The van der Waals surface area contributed by atoms with E-state index in [1.807, 2.05) is 45.0 Å². The highest BCUT2D eigenvalue weighted by Crippen LogP contribution is 2.16. The number of rotatable bonds is 8. The normalized spacial score (nSPS) is 12.1. The molecule has 0 saturated heterocycles. The van der Waals surface area contributed by atoms with Crippen LogP contribution in [0.1, 0.15) is 51.7 Å². The van der Waals surface area contributed by atoms with Gasteiger partial charge < -0.3 is 10.2 Å². The zero-order chi connectivity index (χ0) is 17.4. The Balaban J connectivity index is 2.96. The van der Waals surface area contributed by atoms with Gasteiger partial charge in [0, 0.05) is 19.5 Å². The van der Waals surface area contributed by atoms with Crippen LogP contribution in [0, 0.1) is 12.8 Å². The van der Waals surface area contributed by atoms with E-state index in [1.54, 1.807) is 4.90 Å². The Bertz CT molecular complexity index is 526. The van der Waals surface area contributed by atoms with Gasteiger partial charge in [-0.3, -0.25) is 9.59 Å². The summed E-state index contributed by atoms with van der Waals surface area (Å²) in [4.78, 5) is 26.6. The fourth-order valence-corrected chi connectivity index (χ4v) is 2.52. The van der Waals surface area contributed by atoms with Gasteiger partial charge in [-0.2, -0.15) is 0 Å². The molecule has 1 N–H and O–H groups in total. The molecule has 0 saturated carbocycles. The maximum absolute atomic E-state index is 12.5. The van der Waals surface area contributed by atoms with Crippen LogP contribution in [0.2, 0.25) is 0 Å². The summed E-state index contributed by atoms with van der Waals surface area (Å²) in [6, 6.07) is 7.59. The van der Waals surface area contributed by atoms with Gasteiger partial charge in [0.2, 0.25) is 11.8 Å². The minimum Gasteiger partial charge on any atom is -0.354 e. The van der Waals surface area contributed by atoms with Crippen molar-refractivity contribution in [3.05, 3.63) is 35.4 Å². The summed E-state index contributed by atoms with van der Waals surface area (Å²) in [5, 5.41) is 2.96. The molecule has 4 heteroatoms. The topological polar surface area (TPSA) is 49.4 Å². The predicted octanol–water partition coefficient (Wildman–Crippen LogP) is 3.28. The molecule has 0 radical (unpaired) electrons. The first kappa shape index (κ1) is 19.2. The summed E-state index contributed by atoms with van der Waals surface area (Å²) in [6.45, 7) is 11.1. The first-order valence-corrected chi connectivity index (χ1v) is 8.52. The first-order valence-electron chi connectivity index (χ1n) is 8.52. The van der Waals surface area contributed by atoms with Crippen LogP contribution in [0.4, 0.5) is 0 Å². The summed E-state index contributed by atoms with van der Waals surface area (Å²) in [5.74, 6) is 0.347. The van der Waals surface area contributed by atoms with E-state index in [9.17, 15) is 9.59 Å². The van der Waals surface area contributed by atoms with Gasteiger partial charge in [0.25, 0.3) is 0 Å². The molecule has 0 aliphatic rings. The number of amides is 2. The Morgan fingerprint density at radius 3 is 2.35 bits per heavy atom. The third kappa shape index (κ3) is 5.70. The van der Waals surface area contributed by atoms with E-state index >= 15 is 0 Å². The fourth-order valence-electron chi connectivity index (χ4n) is 2.52. The van der Waals surface area contributed by atoms with E-state index in [0.29, 0.717) is 31.8 Å². The number of hydrogen-bond donors (Lipinski definition) is 1. The van der Waals surface area contributed by atoms with E-state index in [1.165, 1.54) is 0 Å². The molecule has 1 rings (SSSR count). The van der Waals surface area contributed by atoms with E-state index < -0.39 is 6.04 Å². The molecule has 0 unspecified atom stereocenters. The molecule has 0 aliphatic heterocycles. The zero-order valence-corrected chi connectivity index (χ0v) is 15.1. The second kappa shape index (κ2) is 9.33. The van der Waals surface area contributed by atoms with Crippen LogP contribution in [0.25, 0.3) is 0 Å². The summed E-state index contributed by atoms with van der Waals surface area (Å²) in [5.41, 5.74) is 2.23. The molecular weight excluding hydrogens is 288 g/mol. The molecule has 0 heterocycles. The van der Waals surface area contributed by atoms with Crippen molar-refractivity contribution in [3.8, 4) is 0 Å². The molecule has 1 aromatic rings. The van der Waals surface area contributed by atoms with Gasteiger partial charge in [-0.15, -0.1) is 0 Å². The van der Waals surface area contributed by atoms with Crippen molar-refractivity contribution in [1.82, 2.24) is 10.2 Å². The summed E-state index contributed by atoms with van der Waals surface area (Å²) >= 11 is 0. The average molecular weight is 318 g/mol. The Hall–Kier alpha value is -1.84. The number of aryl methyl sites for hydroxylation is 1. The second-order valence-corrected chi connectivity index (χ2v) is 6.36. The molecule has 0 spiro atoms. The van der Waals surface area contributed by atoms with E-state index in [2.05, 4.69) is 19.2 Å². The number of benzene rings is 1. The summed E-state index contributed by atoms with van der Waals surface area (Å²) in [6.07, 6.45) is 1.02. The van der Waals surface area contributed by atoms with E-state index in [0.717, 1.165) is 11.1 Å². The quantitative estimate of drug-likeness (QED) is 0.799. The maximum atomic E-state index is 12.5. The van der Waals surface area contributed by atoms with Gasteiger partial charge in [-0.05, 0) is 30.4 Å². The molecule has 1 aromatic carbocycles. The molecule has 4 nitrogen and oxygen atoms in total. The Morgan fingerprint density at radius 2 is 1.83 bits per heavy atom. The Morgan fingerprint density at radius 1 is 1.17 bits per heavy atom. The average Bonchev–Trinajstić information content (AvgIpc) is 2.53. The highest BCUT2D eigenvalue weighted by atomic mass is 16.2. The third-order valence-corrected chi connectivity index (χ3v) is 3.97. The van der Waals surface area contributed by atoms with Gasteiger partial charge in [0.15, 0.2) is 0 Å². The Kier molecular flexibility index (Phi) is 7.79. The monoisotopic (exact) mass is 318 g/mol. The van der Waals surface area contributed by atoms with E-state index in [-0.39, 0.29) is 11.8 Å². The van der Waals surface area contributed by atoms with Crippen molar-refractivity contribution in [2.24, 2.45) is 5.92 Å². The van der Waals surface area contributed by atoms with Crippen molar-refractivity contribution in [3.63, 3.8) is 0 Å². The zero-order valence-electron chi connectivity index (χ0n) is 15.1. The molecule has 0 bridgehead atoms. The third-order valence-electron chi connectivity index (χ3n) is 3.97. The lowest BCUT2D eigenvalue weighted by Gasteiger charge is -2.31. The van der Waals surface area contributed by atoms with Crippen LogP contribution < -0.4 is 5.32 Å². The summed E-state index contributed by atoms with van der Waals surface area (Å²) < 4.78 is 0. The van der Waals surface area contributed by atoms with Gasteiger partial charge in [-0.1, -0.05) is 52.0 Å². The predicted molar refractivity (Wildman–Crippen MR) is 93.9 cm³/mol. The van der Waals surface area contributed by atoms with Crippen LogP contribution in [0.3, 0.4) is 0 Å². The SMILES string of the molecule is CCC(=O)N(Cc1ccccc1C)[C@@H](CC)C(=O)NCC(C)C. The lowest BCUT2D eigenvalue weighted by Crippen LogP contribution is -2.49. The van der Waals surface area contributed by atoms with Gasteiger partial charge in [0.05, 0.1) is 0 Å². The molecule has 0 aliphatic carbocycles. The highest BCUT2D eigenvalue weighted by Gasteiger charge is 2.27. The molecule has 128 valence electrons. The van der Waals surface area contributed by atoms with Crippen LogP contribution in [0.5, 0.6) is 0 Å². The minimum atomic E-state index is -0.416. The number of hydrogen-bond acceptors (Lipinski definition) is 2. The van der Waals surface area contributed by atoms with Crippen LogP contribution >= 0.6 is 0 Å². The number of carbonyl (C=O) groups is 2. The van der Waals surface area contributed by atoms with Crippen LogP contribution in [-0.2, 0) is 16.1 Å². The van der Waals surface area contributed by atoms with Crippen molar-refractivity contribution in [2.75, 3.05) is 6.54 Å². The van der Waals surface area contributed by atoms with Crippen molar-refractivity contribution >= 4 is 11.8 Å². The lowest BCUT2D eigenvalue weighted by molar-refractivity contribution is -0.141. The van der Waals surface area contributed by atoms with Crippen molar-refractivity contribution < 1.29 is 9.59 Å². The van der Waals surface area contributed by atoms with Crippen molar-refractivity contribution in [1.29, 1.82) is 0 Å². The van der Waals surface area contributed by atoms with Gasteiger partial charge in [-0.25, -0.2) is 0 Å². The maximum Gasteiger partial charge on any atom is 0.242 e. The molecule has 0 aromatic heterocycles. The molecule has 0 fully saturated rings. The van der Waals surface area contributed by atoms with Crippen LogP contribution in [-0.4, -0.2) is 29.3 Å². The van der Waals surface area contributed by atoms with Crippen LogP contribution in [0.15, 0.2) is 24.3 Å². The first-order chi connectivity index (χ1) is 10.9. The molecule has 1 atom stereocenters. The molecule has 23 heavy (non-hydrogen) atoms. The molecule has 2 amide bonds. The number of nitrogens with zero attached hydrogens (tertiary/aromatic N) is 1.